The van der Waals surface area contributed by atoms with E-state index in [1.165, 1.54) is 0 Å². The van der Waals surface area contributed by atoms with Crippen LogP contribution in [0.25, 0.3) is 0 Å². The van der Waals surface area contributed by atoms with Crippen LogP contribution in [0.3, 0.4) is 0 Å². The Morgan fingerprint density at radius 1 is 1.14 bits per heavy atom. The molecule has 0 bridgehead atoms. The molecule has 2 aliphatic heterocycles. The normalized spacial score (nSPS) is 24.8. The fourth-order valence-electron chi connectivity index (χ4n) is 2.98. The van der Waals surface area contributed by atoms with Gasteiger partial charge in [-0.05, 0) is 31.6 Å². The van der Waals surface area contributed by atoms with Gasteiger partial charge in [-0.3, -0.25) is 14.4 Å². The van der Waals surface area contributed by atoms with Crippen molar-refractivity contribution in [1.29, 1.82) is 0 Å². The van der Waals surface area contributed by atoms with Crippen LogP contribution in [0.5, 0.6) is 0 Å². The van der Waals surface area contributed by atoms with E-state index >= 15 is 0 Å². The van der Waals surface area contributed by atoms with Crippen LogP contribution in [0.1, 0.15) is 39.0 Å². The van der Waals surface area contributed by atoms with Gasteiger partial charge in [-0.25, -0.2) is 0 Å². The second kappa shape index (κ2) is 6.91. The molecule has 2 saturated heterocycles. The smallest absolute Gasteiger partial charge is 0.306 e. The highest BCUT2D eigenvalue weighted by Gasteiger charge is 2.29. The third kappa shape index (κ3) is 4.19. The van der Waals surface area contributed by atoms with E-state index in [1.54, 1.807) is 9.80 Å². The van der Waals surface area contributed by atoms with E-state index < -0.39 is 5.97 Å². The maximum Gasteiger partial charge on any atom is 0.306 e. The summed E-state index contributed by atoms with van der Waals surface area (Å²) in [5.41, 5.74) is 0. The van der Waals surface area contributed by atoms with Gasteiger partial charge in [0.05, 0.1) is 12.5 Å². The van der Waals surface area contributed by atoms with Crippen LogP contribution < -0.4 is 0 Å². The first kappa shape index (κ1) is 15.8. The van der Waals surface area contributed by atoms with Gasteiger partial charge < -0.3 is 14.9 Å². The molecular formula is C15H24N2O4. The topological polar surface area (TPSA) is 77.9 Å². The van der Waals surface area contributed by atoms with E-state index in [2.05, 4.69) is 6.92 Å². The van der Waals surface area contributed by atoms with Crippen molar-refractivity contribution in [3.63, 3.8) is 0 Å². The second-order valence-corrected chi connectivity index (χ2v) is 6.24. The summed E-state index contributed by atoms with van der Waals surface area (Å²) >= 11 is 0. The Hall–Kier alpha value is -1.59. The average Bonchev–Trinajstić information content (AvgIpc) is 2.63. The quantitative estimate of drug-likeness (QED) is 0.841. The van der Waals surface area contributed by atoms with Crippen molar-refractivity contribution in [3.8, 4) is 0 Å². The highest BCUT2D eigenvalue weighted by atomic mass is 16.4. The molecule has 0 aromatic carbocycles. The molecular weight excluding hydrogens is 272 g/mol. The molecule has 0 spiro atoms. The molecule has 0 aromatic rings. The molecule has 2 rings (SSSR count). The van der Waals surface area contributed by atoms with Gasteiger partial charge in [0.2, 0.25) is 11.8 Å². The lowest BCUT2D eigenvalue weighted by Gasteiger charge is -2.32. The molecule has 2 heterocycles. The molecule has 1 atom stereocenters. The highest BCUT2D eigenvalue weighted by Crippen LogP contribution is 2.19. The van der Waals surface area contributed by atoms with Crippen molar-refractivity contribution in [2.24, 2.45) is 11.8 Å². The van der Waals surface area contributed by atoms with Crippen LogP contribution >= 0.6 is 0 Å². The van der Waals surface area contributed by atoms with Gasteiger partial charge in [0.25, 0.3) is 0 Å². The fraction of sp³-hybridized carbons (Fsp3) is 0.800. The predicted molar refractivity (Wildman–Crippen MR) is 76.5 cm³/mol. The number of hydrogen-bond donors (Lipinski definition) is 1. The van der Waals surface area contributed by atoms with E-state index in [1.807, 2.05) is 0 Å². The average molecular weight is 296 g/mol. The number of carbonyl (C=O) groups is 3. The third-order valence-electron chi connectivity index (χ3n) is 4.62. The summed E-state index contributed by atoms with van der Waals surface area (Å²) in [6.45, 7) is 3.89. The summed E-state index contributed by atoms with van der Waals surface area (Å²) in [5, 5.41) is 8.96. The first-order chi connectivity index (χ1) is 9.97. The summed E-state index contributed by atoms with van der Waals surface area (Å²) in [4.78, 5) is 38.5. The first-order valence-electron chi connectivity index (χ1n) is 7.75. The highest BCUT2D eigenvalue weighted by molar-refractivity contribution is 5.85. The van der Waals surface area contributed by atoms with Crippen LogP contribution in [-0.4, -0.2) is 58.9 Å². The minimum Gasteiger partial charge on any atom is -0.481 e. The molecule has 6 nitrogen and oxygen atoms in total. The third-order valence-corrected chi connectivity index (χ3v) is 4.62. The summed E-state index contributed by atoms with van der Waals surface area (Å²) in [6.07, 6.45) is 3.38. The number of carboxylic acids is 1. The Morgan fingerprint density at radius 2 is 1.81 bits per heavy atom. The largest absolute Gasteiger partial charge is 0.481 e. The van der Waals surface area contributed by atoms with Crippen LogP contribution in [0.15, 0.2) is 0 Å². The number of aliphatic carboxylic acids is 1. The Morgan fingerprint density at radius 3 is 2.43 bits per heavy atom. The number of piperidine rings is 1. The van der Waals surface area contributed by atoms with Gasteiger partial charge in [0.1, 0.15) is 0 Å². The van der Waals surface area contributed by atoms with Crippen molar-refractivity contribution in [2.45, 2.75) is 39.0 Å². The monoisotopic (exact) mass is 296 g/mol. The molecule has 2 fully saturated rings. The molecule has 0 aliphatic carbocycles. The van der Waals surface area contributed by atoms with Gasteiger partial charge in [-0.1, -0.05) is 6.92 Å². The van der Waals surface area contributed by atoms with Gasteiger partial charge >= 0.3 is 5.97 Å². The zero-order valence-corrected chi connectivity index (χ0v) is 12.6. The molecule has 21 heavy (non-hydrogen) atoms. The number of rotatable bonds is 3. The number of hydrogen-bond acceptors (Lipinski definition) is 3. The van der Waals surface area contributed by atoms with Gasteiger partial charge in [0.15, 0.2) is 0 Å². The maximum atomic E-state index is 12.3. The maximum absolute atomic E-state index is 12.3. The minimum atomic E-state index is -0.779. The zero-order chi connectivity index (χ0) is 15.4. The first-order valence-corrected chi connectivity index (χ1v) is 7.75. The van der Waals surface area contributed by atoms with Crippen molar-refractivity contribution in [3.05, 3.63) is 0 Å². The molecule has 6 heteroatoms. The number of nitrogens with zero attached hydrogens (tertiary/aromatic N) is 2. The van der Waals surface area contributed by atoms with Crippen molar-refractivity contribution >= 4 is 17.8 Å². The molecule has 2 amide bonds. The Balaban J connectivity index is 1.84. The second-order valence-electron chi connectivity index (χ2n) is 6.24. The van der Waals surface area contributed by atoms with Crippen molar-refractivity contribution < 1.29 is 19.5 Å². The van der Waals surface area contributed by atoms with Crippen LogP contribution in [-0.2, 0) is 14.4 Å². The van der Waals surface area contributed by atoms with E-state index in [0.29, 0.717) is 44.8 Å². The fourth-order valence-corrected chi connectivity index (χ4v) is 2.98. The van der Waals surface area contributed by atoms with E-state index in [0.717, 1.165) is 12.8 Å². The van der Waals surface area contributed by atoms with Gasteiger partial charge in [-0.2, -0.15) is 0 Å². The lowest BCUT2D eigenvalue weighted by atomic mass is 9.97. The Bertz CT molecular complexity index is 416. The molecule has 2 aliphatic rings. The lowest BCUT2D eigenvalue weighted by molar-refractivity contribution is -0.146. The summed E-state index contributed by atoms with van der Waals surface area (Å²) in [5.74, 6) is -0.580. The van der Waals surface area contributed by atoms with Crippen molar-refractivity contribution in [2.75, 3.05) is 26.2 Å². The van der Waals surface area contributed by atoms with Crippen LogP contribution in [0.2, 0.25) is 0 Å². The molecule has 118 valence electrons. The molecule has 1 N–H and O–H groups in total. The molecule has 0 radical (unpaired) electrons. The summed E-state index contributed by atoms with van der Waals surface area (Å²) in [7, 11) is 0. The van der Waals surface area contributed by atoms with E-state index in [9.17, 15) is 14.4 Å². The standard InChI is InChI=1S/C15H24N2O4/c1-11-2-3-13(18)17(7-4-11)10-14(19)16-8-5-12(6-9-16)15(20)21/h11-12H,2-10H2,1H3,(H,20,21). The summed E-state index contributed by atoms with van der Waals surface area (Å²) in [6, 6.07) is 0. The van der Waals surface area contributed by atoms with Gasteiger partial charge in [0, 0.05) is 26.1 Å². The van der Waals surface area contributed by atoms with E-state index in [4.69, 9.17) is 5.11 Å². The predicted octanol–water partition coefficient (Wildman–Crippen LogP) is 0.958. The minimum absolute atomic E-state index is 0.0539. The molecule has 0 aromatic heterocycles. The zero-order valence-electron chi connectivity index (χ0n) is 12.6. The number of likely N-dealkylation sites (tertiary alicyclic amines) is 2. The van der Waals surface area contributed by atoms with Crippen molar-refractivity contribution in [1.82, 2.24) is 9.80 Å². The van der Waals surface area contributed by atoms with Crippen LogP contribution in [0, 0.1) is 11.8 Å². The lowest BCUT2D eigenvalue weighted by Crippen LogP contribution is -2.46. The van der Waals surface area contributed by atoms with Crippen LogP contribution in [0.4, 0.5) is 0 Å². The summed E-state index contributed by atoms with van der Waals surface area (Å²) < 4.78 is 0. The molecule has 1 unspecified atom stereocenters. The van der Waals surface area contributed by atoms with Gasteiger partial charge in [-0.15, -0.1) is 0 Å². The van der Waals surface area contributed by atoms with E-state index in [-0.39, 0.29) is 24.3 Å². The SMILES string of the molecule is CC1CCC(=O)N(CC(=O)N2CCC(C(=O)O)CC2)CC1. The number of carboxylic acid groups (broad SMARTS) is 1. The molecule has 0 saturated carbocycles. The number of amides is 2. The Kier molecular flexibility index (Phi) is 5.20. The Labute approximate surface area is 125 Å². The number of carbonyl (C=O) groups excluding carboxylic acids is 2.